The summed E-state index contributed by atoms with van der Waals surface area (Å²) in [5.74, 6) is -1.09. The van der Waals surface area contributed by atoms with Crippen LogP contribution in [0, 0.1) is 40.7 Å². The molecule has 2 aliphatic carbocycles. The Hall–Kier alpha value is -3.72. The molecule has 1 heterocycles. The van der Waals surface area contributed by atoms with E-state index in [2.05, 4.69) is 10.6 Å². The molecule has 0 spiro atoms. The lowest BCUT2D eigenvalue weighted by molar-refractivity contribution is -0.384. The van der Waals surface area contributed by atoms with E-state index in [0.717, 1.165) is 12.0 Å². The van der Waals surface area contributed by atoms with Gasteiger partial charge in [0.2, 0.25) is 11.8 Å². The summed E-state index contributed by atoms with van der Waals surface area (Å²) in [6.45, 7) is 2.19. The summed E-state index contributed by atoms with van der Waals surface area (Å²) in [5, 5.41) is 17.5. The largest absolute Gasteiger partial charge is 0.383 e. The molecule has 2 N–H and O–H groups in total. The average molecular weight is 495 g/mol. The van der Waals surface area contributed by atoms with Crippen LogP contribution in [0.5, 0.6) is 0 Å². The fourth-order valence-electron chi connectivity index (χ4n) is 5.34. The number of likely N-dealkylation sites (tertiary alicyclic amines) is 1. The van der Waals surface area contributed by atoms with Gasteiger partial charge in [0.25, 0.3) is 11.6 Å². The number of fused-ring (bicyclic) bond motifs is 5. The minimum Gasteiger partial charge on any atom is -0.383 e. The van der Waals surface area contributed by atoms with Gasteiger partial charge >= 0.3 is 0 Å². The van der Waals surface area contributed by atoms with Crippen molar-refractivity contribution in [1.82, 2.24) is 4.90 Å². The number of allylic oxidation sites excluding steroid dienone is 2. The fourth-order valence-corrected chi connectivity index (χ4v) is 5.52. The fraction of sp³-hybridized carbons (Fsp3) is 0.320. The Morgan fingerprint density at radius 3 is 2.43 bits per heavy atom. The second-order valence-electron chi connectivity index (χ2n) is 9.16. The number of hydrogen-bond acceptors (Lipinski definition) is 6. The van der Waals surface area contributed by atoms with Gasteiger partial charge in [0.05, 0.1) is 22.3 Å². The molecule has 0 aromatic heterocycles. The van der Waals surface area contributed by atoms with Crippen LogP contribution in [0.1, 0.15) is 22.3 Å². The van der Waals surface area contributed by atoms with Gasteiger partial charge in [0, 0.05) is 41.6 Å². The standard InChI is InChI=1S/C25H23ClN4O5/c1-13-2-5-16(11-19(13)26)28-23(31)18-12-17(30(34)35)6-7-20(18)27-8-9-29-24(32)21-14-3-4-15(10-14)22(21)25(29)33/h2-7,11-12,14-15,21-22,27H,8-10H2,1H3,(H,28,31)/t14-,15+,21-,22+. The number of imide groups is 1. The van der Waals surface area contributed by atoms with Crippen molar-refractivity contribution in [2.45, 2.75) is 13.3 Å². The number of carbonyl (C=O) groups excluding carboxylic acids is 3. The summed E-state index contributed by atoms with van der Waals surface area (Å²) in [6.07, 6.45) is 4.95. The Bertz CT molecular complexity index is 1260. The molecule has 2 bridgehead atoms. The lowest BCUT2D eigenvalue weighted by atomic mass is 9.85. The molecule has 1 saturated heterocycles. The SMILES string of the molecule is Cc1ccc(NC(=O)c2cc([N+](=O)[O-])ccc2NCCN2C(=O)[C@@H]3[C@H](C2=O)[C@@H]2C=C[C@H]3C2)cc1Cl. The molecule has 2 aromatic carbocycles. The number of aryl methyl sites for hydroxylation is 1. The van der Waals surface area contributed by atoms with Crippen LogP contribution in [0.15, 0.2) is 48.6 Å². The first-order valence-corrected chi connectivity index (χ1v) is 11.8. The summed E-state index contributed by atoms with van der Waals surface area (Å²) in [4.78, 5) is 50.8. The molecular weight excluding hydrogens is 472 g/mol. The Kier molecular flexibility index (Phi) is 5.80. The van der Waals surface area contributed by atoms with Gasteiger partial charge in [0.1, 0.15) is 0 Å². The van der Waals surface area contributed by atoms with Gasteiger partial charge in [-0.05, 0) is 48.9 Å². The highest BCUT2D eigenvalue weighted by Gasteiger charge is 2.58. The monoisotopic (exact) mass is 494 g/mol. The van der Waals surface area contributed by atoms with Crippen molar-refractivity contribution >= 4 is 46.4 Å². The first kappa shape index (κ1) is 23.0. The van der Waals surface area contributed by atoms with Crippen LogP contribution in [-0.4, -0.2) is 40.6 Å². The maximum Gasteiger partial charge on any atom is 0.270 e. The van der Waals surface area contributed by atoms with Crippen LogP contribution < -0.4 is 10.6 Å². The third-order valence-electron chi connectivity index (χ3n) is 7.10. The molecule has 0 radical (unpaired) electrons. The second kappa shape index (κ2) is 8.81. The van der Waals surface area contributed by atoms with Gasteiger partial charge in [-0.1, -0.05) is 29.8 Å². The third-order valence-corrected chi connectivity index (χ3v) is 7.51. The first-order valence-electron chi connectivity index (χ1n) is 11.4. The molecule has 5 rings (SSSR count). The van der Waals surface area contributed by atoms with Crippen molar-refractivity contribution in [3.8, 4) is 0 Å². The number of hydrogen-bond donors (Lipinski definition) is 2. The van der Waals surface area contributed by atoms with Gasteiger partial charge in [-0.25, -0.2) is 0 Å². The summed E-state index contributed by atoms with van der Waals surface area (Å²) in [6, 6.07) is 8.97. The molecule has 1 aliphatic heterocycles. The first-order chi connectivity index (χ1) is 16.7. The van der Waals surface area contributed by atoms with Gasteiger partial charge in [-0.3, -0.25) is 29.4 Å². The Morgan fingerprint density at radius 1 is 1.11 bits per heavy atom. The summed E-state index contributed by atoms with van der Waals surface area (Å²) in [5.41, 5.74) is 1.48. The molecule has 2 fully saturated rings. The van der Waals surface area contributed by atoms with E-state index in [4.69, 9.17) is 11.6 Å². The highest BCUT2D eigenvalue weighted by atomic mass is 35.5. The Morgan fingerprint density at radius 2 is 1.80 bits per heavy atom. The number of amides is 3. The molecule has 180 valence electrons. The van der Waals surface area contributed by atoms with E-state index in [1.165, 1.54) is 23.1 Å². The third kappa shape index (κ3) is 4.05. The maximum atomic E-state index is 13.0. The number of nitrogens with one attached hydrogen (secondary N) is 2. The van der Waals surface area contributed by atoms with E-state index in [1.807, 2.05) is 19.1 Å². The second-order valence-corrected chi connectivity index (χ2v) is 9.57. The quantitative estimate of drug-likeness (QED) is 0.259. The van der Waals surface area contributed by atoms with Crippen molar-refractivity contribution in [2.24, 2.45) is 23.7 Å². The van der Waals surface area contributed by atoms with Gasteiger partial charge < -0.3 is 10.6 Å². The molecule has 4 atom stereocenters. The van der Waals surface area contributed by atoms with Crippen LogP contribution in [-0.2, 0) is 9.59 Å². The van der Waals surface area contributed by atoms with E-state index in [-0.39, 0.29) is 59.8 Å². The van der Waals surface area contributed by atoms with Crippen LogP contribution in [0.4, 0.5) is 17.1 Å². The summed E-state index contributed by atoms with van der Waals surface area (Å²) in [7, 11) is 0. The van der Waals surface area contributed by atoms with Gasteiger partial charge in [0.15, 0.2) is 0 Å². The topological polar surface area (TPSA) is 122 Å². The van der Waals surface area contributed by atoms with Crippen molar-refractivity contribution in [1.29, 1.82) is 0 Å². The smallest absolute Gasteiger partial charge is 0.270 e. The van der Waals surface area contributed by atoms with E-state index in [9.17, 15) is 24.5 Å². The highest BCUT2D eigenvalue weighted by molar-refractivity contribution is 6.31. The molecule has 35 heavy (non-hydrogen) atoms. The minimum absolute atomic E-state index is 0.0640. The lowest BCUT2D eigenvalue weighted by Gasteiger charge is -2.18. The molecule has 9 nitrogen and oxygen atoms in total. The Labute approximate surface area is 206 Å². The predicted octanol–water partition coefficient (Wildman–Crippen LogP) is 4.03. The summed E-state index contributed by atoms with van der Waals surface area (Å²) < 4.78 is 0. The van der Waals surface area contributed by atoms with E-state index < -0.39 is 10.8 Å². The molecule has 3 aliphatic rings. The van der Waals surface area contributed by atoms with Gasteiger partial charge in [-0.15, -0.1) is 0 Å². The molecule has 0 unspecified atom stereocenters. The zero-order valence-electron chi connectivity index (χ0n) is 18.9. The van der Waals surface area contributed by atoms with E-state index >= 15 is 0 Å². The van der Waals surface area contributed by atoms with Crippen LogP contribution >= 0.6 is 11.6 Å². The molecule has 10 heteroatoms. The predicted molar refractivity (Wildman–Crippen MR) is 130 cm³/mol. The number of halogens is 1. The highest BCUT2D eigenvalue weighted by Crippen LogP contribution is 2.52. The number of rotatable bonds is 7. The van der Waals surface area contributed by atoms with Crippen LogP contribution in [0.25, 0.3) is 0 Å². The number of nitro groups is 1. The molecule has 3 amide bonds. The zero-order chi connectivity index (χ0) is 24.9. The molecular formula is C25H23ClN4O5. The number of nitrogens with zero attached hydrogens (tertiary/aromatic N) is 2. The maximum absolute atomic E-state index is 13.0. The van der Waals surface area contributed by atoms with Crippen molar-refractivity contribution in [3.63, 3.8) is 0 Å². The van der Waals surface area contributed by atoms with Crippen molar-refractivity contribution < 1.29 is 19.3 Å². The number of benzene rings is 2. The lowest BCUT2D eigenvalue weighted by Crippen LogP contribution is -2.36. The minimum atomic E-state index is -0.577. The van der Waals surface area contributed by atoms with E-state index in [1.54, 1.807) is 18.2 Å². The van der Waals surface area contributed by atoms with Crippen molar-refractivity contribution in [2.75, 3.05) is 23.7 Å². The zero-order valence-corrected chi connectivity index (χ0v) is 19.6. The number of anilines is 2. The van der Waals surface area contributed by atoms with Gasteiger partial charge in [-0.2, -0.15) is 0 Å². The number of carbonyl (C=O) groups is 3. The average Bonchev–Trinajstić information content (AvgIpc) is 3.51. The molecule has 1 saturated carbocycles. The number of non-ortho nitro benzene ring substituents is 1. The van der Waals surface area contributed by atoms with Crippen LogP contribution in [0.2, 0.25) is 5.02 Å². The van der Waals surface area contributed by atoms with Crippen molar-refractivity contribution in [3.05, 3.63) is 74.8 Å². The van der Waals surface area contributed by atoms with E-state index in [0.29, 0.717) is 16.4 Å². The van der Waals surface area contributed by atoms with Crippen LogP contribution in [0.3, 0.4) is 0 Å². The summed E-state index contributed by atoms with van der Waals surface area (Å²) >= 11 is 6.14. The normalized spacial score (nSPS) is 24.1. The molecule has 2 aromatic rings. The Balaban J connectivity index is 1.30. The number of nitro benzene ring substituents is 1.